The molecule has 0 spiro atoms. The van der Waals surface area contributed by atoms with Crippen LogP contribution in [-0.4, -0.2) is 47.0 Å². The van der Waals surface area contributed by atoms with Crippen LogP contribution in [0.15, 0.2) is 40.2 Å². The third kappa shape index (κ3) is 1.89. The average molecular weight is 423 g/mol. The van der Waals surface area contributed by atoms with Crippen molar-refractivity contribution >= 4 is 28.5 Å². The van der Waals surface area contributed by atoms with Crippen LogP contribution in [0.5, 0.6) is 0 Å². The third-order valence-corrected chi connectivity index (χ3v) is 7.06. The van der Waals surface area contributed by atoms with Crippen LogP contribution in [0.4, 0.5) is 5.82 Å². The van der Waals surface area contributed by atoms with Gasteiger partial charge in [0.25, 0.3) is 5.56 Å². The van der Waals surface area contributed by atoms with Gasteiger partial charge < -0.3 is 9.42 Å². The number of nitrogens with zero attached hydrogens (tertiary/aromatic N) is 8. The Kier molecular flexibility index (Phi) is 2.89. The molecule has 2 saturated heterocycles. The SMILES string of the molecule is Cn1ncc2ncn(Cc3nc([C@@]45C6[C@H]4[C@H]5CN6c4cc(Cl)ccn4)no3)c(=O)c21. The predicted molar refractivity (Wildman–Crippen MR) is 105 cm³/mol. The highest BCUT2D eigenvalue weighted by molar-refractivity contribution is 6.30. The quantitative estimate of drug-likeness (QED) is 0.479. The lowest BCUT2D eigenvalue weighted by molar-refractivity contribution is 0.362. The maximum Gasteiger partial charge on any atom is 0.279 e. The first-order chi connectivity index (χ1) is 14.6. The summed E-state index contributed by atoms with van der Waals surface area (Å²) in [4.78, 5) is 28.4. The van der Waals surface area contributed by atoms with Gasteiger partial charge in [-0.1, -0.05) is 16.8 Å². The van der Waals surface area contributed by atoms with Crippen molar-refractivity contribution in [3.8, 4) is 0 Å². The fraction of sp³-hybridized carbons (Fsp3) is 0.368. The van der Waals surface area contributed by atoms with Gasteiger partial charge in [0, 0.05) is 36.8 Å². The summed E-state index contributed by atoms with van der Waals surface area (Å²) >= 11 is 6.13. The zero-order chi connectivity index (χ0) is 20.2. The molecule has 4 fully saturated rings. The summed E-state index contributed by atoms with van der Waals surface area (Å²) in [5.74, 6) is 3.08. The van der Waals surface area contributed by atoms with Gasteiger partial charge in [0.1, 0.15) is 17.9 Å². The van der Waals surface area contributed by atoms with Crippen LogP contribution in [0.25, 0.3) is 11.0 Å². The molecule has 4 aromatic heterocycles. The number of hydrogen-bond acceptors (Lipinski definition) is 8. The van der Waals surface area contributed by atoms with E-state index in [0.29, 0.717) is 39.8 Å². The van der Waals surface area contributed by atoms with E-state index in [0.717, 1.165) is 18.2 Å². The van der Waals surface area contributed by atoms with E-state index in [1.807, 2.05) is 6.07 Å². The molecule has 0 radical (unpaired) electrons. The van der Waals surface area contributed by atoms with Gasteiger partial charge in [0.05, 0.1) is 17.9 Å². The van der Waals surface area contributed by atoms with Crippen LogP contribution >= 0.6 is 11.6 Å². The van der Waals surface area contributed by atoms with E-state index in [2.05, 4.69) is 30.1 Å². The molecule has 4 aromatic rings. The lowest BCUT2D eigenvalue weighted by Crippen LogP contribution is -2.24. The summed E-state index contributed by atoms with van der Waals surface area (Å²) in [5, 5.41) is 9.03. The molecule has 2 aliphatic carbocycles. The highest BCUT2D eigenvalue weighted by Gasteiger charge is 2.95. The highest BCUT2D eigenvalue weighted by atomic mass is 35.5. The van der Waals surface area contributed by atoms with Gasteiger partial charge in [-0.25, -0.2) is 9.97 Å². The third-order valence-electron chi connectivity index (χ3n) is 6.82. The Morgan fingerprint density at radius 3 is 3.10 bits per heavy atom. The minimum atomic E-state index is -0.188. The number of aromatic nitrogens is 7. The molecule has 30 heavy (non-hydrogen) atoms. The largest absolute Gasteiger partial charge is 0.352 e. The van der Waals surface area contributed by atoms with Crippen molar-refractivity contribution in [1.82, 2.24) is 34.5 Å². The van der Waals surface area contributed by atoms with Crippen molar-refractivity contribution < 1.29 is 4.52 Å². The van der Waals surface area contributed by atoms with Crippen molar-refractivity contribution in [1.29, 1.82) is 0 Å². The fourth-order valence-corrected chi connectivity index (χ4v) is 5.52. The van der Waals surface area contributed by atoms with Gasteiger partial charge in [0.2, 0.25) is 5.89 Å². The van der Waals surface area contributed by atoms with Gasteiger partial charge in [0.15, 0.2) is 11.3 Å². The van der Waals surface area contributed by atoms with Crippen molar-refractivity contribution in [3.05, 3.63) is 57.9 Å². The van der Waals surface area contributed by atoms with Crippen molar-refractivity contribution in [2.24, 2.45) is 18.9 Å². The topological polar surface area (TPSA) is 108 Å². The zero-order valence-corrected chi connectivity index (χ0v) is 16.6. The van der Waals surface area contributed by atoms with E-state index in [4.69, 9.17) is 16.1 Å². The van der Waals surface area contributed by atoms with Crippen molar-refractivity contribution in [3.63, 3.8) is 0 Å². The fourth-order valence-electron chi connectivity index (χ4n) is 5.37. The minimum absolute atomic E-state index is 0.0407. The van der Waals surface area contributed by atoms with E-state index in [9.17, 15) is 4.79 Å². The second kappa shape index (κ2) is 5.25. The molecule has 150 valence electrons. The number of hydrogen-bond donors (Lipinski definition) is 0. The Hall–Kier alpha value is -3.27. The monoisotopic (exact) mass is 422 g/mol. The van der Waals surface area contributed by atoms with Crippen LogP contribution in [0.3, 0.4) is 0 Å². The molecule has 0 amide bonds. The Balaban J connectivity index is 1.17. The molecule has 2 aliphatic heterocycles. The number of halogens is 1. The van der Waals surface area contributed by atoms with Crippen LogP contribution < -0.4 is 10.5 Å². The average Bonchev–Trinajstić information content (AvgIpc) is 3.21. The Labute approximate surface area is 174 Å². The second-order valence-electron chi connectivity index (χ2n) is 8.19. The highest BCUT2D eigenvalue weighted by Crippen LogP contribution is 2.85. The lowest BCUT2D eigenvalue weighted by atomic mass is 10.1. The Morgan fingerprint density at radius 1 is 1.37 bits per heavy atom. The smallest absolute Gasteiger partial charge is 0.279 e. The minimum Gasteiger partial charge on any atom is -0.352 e. The maximum absolute atomic E-state index is 12.7. The van der Waals surface area contributed by atoms with E-state index in [-0.39, 0.29) is 17.5 Å². The summed E-state index contributed by atoms with van der Waals surface area (Å²) in [6, 6.07) is 4.01. The molecular formula is C19H15ClN8O2. The lowest BCUT2D eigenvalue weighted by Gasteiger charge is -2.17. The molecule has 2 saturated carbocycles. The van der Waals surface area contributed by atoms with Crippen molar-refractivity contribution in [2.45, 2.75) is 18.0 Å². The van der Waals surface area contributed by atoms with Gasteiger partial charge in [-0.2, -0.15) is 10.1 Å². The van der Waals surface area contributed by atoms with E-state index < -0.39 is 0 Å². The molecule has 4 aliphatic rings. The molecule has 2 bridgehead atoms. The standard InChI is InChI=1S/C19H15ClN8O2/c1-26-15-11(5-23-26)22-8-27(17(15)29)7-13-24-18(25-30-13)19-10-6-28(16(19)14(10)19)12-4-9(20)2-3-21-12/h2-5,8,10,14,16H,6-7H2,1H3/t10-,14-,16?,19-/m1/s1. The van der Waals surface area contributed by atoms with E-state index in [1.165, 1.54) is 15.6 Å². The Morgan fingerprint density at radius 2 is 2.27 bits per heavy atom. The molecule has 1 unspecified atom stereocenters. The van der Waals surface area contributed by atoms with E-state index >= 15 is 0 Å². The van der Waals surface area contributed by atoms with E-state index in [1.54, 1.807) is 25.5 Å². The van der Waals surface area contributed by atoms with Crippen LogP contribution in [-0.2, 0) is 19.0 Å². The normalized spacial score (nSPS) is 28.2. The van der Waals surface area contributed by atoms with Gasteiger partial charge >= 0.3 is 0 Å². The predicted octanol–water partition coefficient (Wildman–Crippen LogP) is 0.996. The number of rotatable bonds is 4. The first kappa shape index (κ1) is 16.5. The molecule has 11 heteroatoms. The summed E-state index contributed by atoms with van der Waals surface area (Å²) in [6.45, 7) is 1.10. The van der Waals surface area contributed by atoms with Gasteiger partial charge in [-0.15, -0.1) is 0 Å². The first-order valence-electron chi connectivity index (χ1n) is 9.67. The number of pyridine rings is 1. The van der Waals surface area contributed by atoms with Crippen LogP contribution in [0.1, 0.15) is 11.7 Å². The summed E-state index contributed by atoms with van der Waals surface area (Å²) in [7, 11) is 1.72. The summed E-state index contributed by atoms with van der Waals surface area (Å²) in [5.41, 5.74) is 0.782. The molecule has 8 rings (SSSR count). The number of piperidine rings is 1. The van der Waals surface area contributed by atoms with Gasteiger partial charge in [-0.05, 0) is 18.1 Å². The number of fused-ring (bicyclic) bond motifs is 2. The second-order valence-corrected chi connectivity index (χ2v) is 8.62. The summed E-state index contributed by atoms with van der Waals surface area (Å²) in [6.07, 6.45) is 4.79. The molecular weight excluding hydrogens is 408 g/mol. The first-order valence-corrected chi connectivity index (χ1v) is 10.0. The number of aryl methyl sites for hydroxylation is 1. The molecule has 6 heterocycles. The van der Waals surface area contributed by atoms with Crippen LogP contribution in [0, 0.1) is 11.8 Å². The van der Waals surface area contributed by atoms with Gasteiger partial charge in [-0.3, -0.25) is 14.0 Å². The number of anilines is 1. The Bertz CT molecular complexity index is 1400. The van der Waals surface area contributed by atoms with Crippen molar-refractivity contribution in [2.75, 3.05) is 11.4 Å². The molecule has 0 N–H and O–H groups in total. The summed E-state index contributed by atoms with van der Waals surface area (Å²) < 4.78 is 8.49. The van der Waals surface area contributed by atoms with Crippen LogP contribution in [0.2, 0.25) is 5.02 Å². The molecule has 0 aromatic carbocycles. The molecule has 10 nitrogen and oxygen atoms in total. The zero-order valence-electron chi connectivity index (χ0n) is 15.8. The maximum atomic E-state index is 12.7. The molecule has 4 atom stereocenters.